The van der Waals surface area contributed by atoms with E-state index in [1.807, 2.05) is 42.5 Å². The van der Waals surface area contributed by atoms with Gasteiger partial charge in [0.15, 0.2) is 0 Å². The van der Waals surface area contributed by atoms with Crippen molar-refractivity contribution in [2.45, 2.75) is 19.2 Å². The summed E-state index contributed by atoms with van der Waals surface area (Å²) >= 11 is 0. The molecular formula is C21H21N3O3. The summed E-state index contributed by atoms with van der Waals surface area (Å²) in [5.74, 6) is 0.820. The summed E-state index contributed by atoms with van der Waals surface area (Å²) in [5.41, 5.74) is 2.89. The van der Waals surface area contributed by atoms with Crippen LogP contribution in [0.5, 0.6) is 5.75 Å². The van der Waals surface area contributed by atoms with Crippen LogP contribution in [0.3, 0.4) is 0 Å². The molecule has 3 aromatic rings. The molecule has 27 heavy (non-hydrogen) atoms. The van der Waals surface area contributed by atoms with Gasteiger partial charge in [0.05, 0.1) is 13.1 Å². The molecule has 1 aliphatic heterocycles. The van der Waals surface area contributed by atoms with E-state index in [4.69, 9.17) is 9.26 Å². The molecule has 0 unspecified atom stereocenters. The van der Waals surface area contributed by atoms with Gasteiger partial charge in [-0.25, -0.2) is 0 Å². The average molecular weight is 363 g/mol. The van der Waals surface area contributed by atoms with Crippen LogP contribution in [-0.2, 0) is 17.9 Å². The summed E-state index contributed by atoms with van der Waals surface area (Å²) in [5, 5.41) is 6.70. The van der Waals surface area contributed by atoms with Gasteiger partial charge in [0.2, 0.25) is 5.91 Å². The molecule has 0 saturated carbocycles. The topological polar surface area (TPSA) is 67.6 Å². The second kappa shape index (κ2) is 8.05. The minimum absolute atomic E-state index is 0.0517. The number of para-hydroxylation sites is 1. The van der Waals surface area contributed by atoms with Crippen molar-refractivity contribution >= 4 is 5.91 Å². The lowest BCUT2D eigenvalue weighted by molar-refractivity contribution is -0.122. The molecule has 1 aliphatic rings. The number of hydrogen-bond donors (Lipinski definition) is 1. The van der Waals surface area contributed by atoms with Gasteiger partial charge in [-0.3, -0.25) is 9.69 Å². The number of fused-ring (bicyclic) bond motifs is 1. The molecule has 1 N–H and O–H groups in total. The van der Waals surface area contributed by atoms with Crippen molar-refractivity contribution in [2.75, 3.05) is 13.1 Å². The largest absolute Gasteiger partial charge is 0.484 e. The Morgan fingerprint density at radius 3 is 2.74 bits per heavy atom. The predicted octanol–water partition coefficient (Wildman–Crippen LogP) is 2.93. The summed E-state index contributed by atoms with van der Waals surface area (Å²) in [6, 6.07) is 19.8. The second-order valence-corrected chi connectivity index (χ2v) is 6.56. The molecule has 6 heteroatoms. The number of carbonyl (C=O) groups is 1. The third kappa shape index (κ3) is 4.35. The number of hydrogen-bond acceptors (Lipinski definition) is 5. The quantitative estimate of drug-likeness (QED) is 0.755. The number of ether oxygens (including phenoxy) is 1. The Morgan fingerprint density at radius 1 is 1.11 bits per heavy atom. The van der Waals surface area contributed by atoms with E-state index in [9.17, 15) is 4.79 Å². The smallest absolute Gasteiger partial charge is 0.234 e. The maximum absolute atomic E-state index is 12.4. The molecule has 2 heterocycles. The van der Waals surface area contributed by atoms with Crippen LogP contribution in [-0.4, -0.2) is 29.1 Å². The normalized spacial score (nSPS) is 16.8. The fraction of sp³-hybridized carbons (Fsp3) is 0.238. The highest BCUT2D eigenvalue weighted by atomic mass is 16.5. The first-order valence-electron chi connectivity index (χ1n) is 8.96. The molecule has 6 nitrogen and oxygen atoms in total. The van der Waals surface area contributed by atoms with Crippen LogP contribution < -0.4 is 10.1 Å². The zero-order valence-electron chi connectivity index (χ0n) is 14.9. The van der Waals surface area contributed by atoms with Gasteiger partial charge in [-0.1, -0.05) is 53.7 Å². The van der Waals surface area contributed by atoms with E-state index >= 15 is 0 Å². The van der Waals surface area contributed by atoms with Crippen molar-refractivity contribution < 1.29 is 14.1 Å². The average Bonchev–Trinajstić information content (AvgIpc) is 3.14. The van der Waals surface area contributed by atoms with Crippen molar-refractivity contribution in [3.8, 4) is 5.75 Å². The van der Waals surface area contributed by atoms with Gasteiger partial charge >= 0.3 is 0 Å². The number of carbonyl (C=O) groups excluding carboxylic acids is 1. The first-order chi connectivity index (χ1) is 13.3. The van der Waals surface area contributed by atoms with E-state index < -0.39 is 0 Å². The molecule has 0 aliphatic carbocycles. The molecule has 0 radical (unpaired) electrons. The molecule has 0 saturated heterocycles. The van der Waals surface area contributed by atoms with Crippen LogP contribution in [0.4, 0.5) is 0 Å². The zero-order chi connectivity index (χ0) is 18.5. The molecule has 2 aromatic carbocycles. The molecule has 0 bridgehead atoms. The summed E-state index contributed by atoms with van der Waals surface area (Å²) in [7, 11) is 0. The summed E-state index contributed by atoms with van der Waals surface area (Å²) in [6.07, 6.45) is 1.37. The Kier molecular flexibility index (Phi) is 5.16. The summed E-state index contributed by atoms with van der Waals surface area (Å²) in [4.78, 5) is 14.5. The van der Waals surface area contributed by atoms with Crippen molar-refractivity contribution in [1.82, 2.24) is 15.4 Å². The first kappa shape index (κ1) is 17.3. The zero-order valence-corrected chi connectivity index (χ0v) is 14.9. The van der Waals surface area contributed by atoms with Crippen molar-refractivity contribution in [3.63, 3.8) is 0 Å². The fourth-order valence-corrected chi connectivity index (χ4v) is 3.22. The standard InChI is InChI=1S/C21H21N3O3/c25-21(22-12-18-10-11-26-23-18)15-24-13-17-8-4-5-9-19(17)27-20(14-24)16-6-2-1-3-7-16/h1-11,20H,12-15H2,(H,22,25)/t20-/m0/s1. The Bertz CT molecular complexity index is 881. The van der Waals surface area contributed by atoms with Gasteiger partial charge < -0.3 is 14.6 Å². The number of nitrogens with one attached hydrogen (secondary N) is 1. The van der Waals surface area contributed by atoms with E-state index in [1.165, 1.54) is 6.26 Å². The maximum Gasteiger partial charge on any atom is 0.234 e. The van der Waals surface area contributed by atoms with Gasteiger partial charge in [-0.05, 0) is 11.6 Å². The lowest BCUT2D eigenvalue weighted by atomic mass is 10.1. The van der Waals surface area contributed by atoms with E-state index in [-0.39, 0.29) is 12.0 Å². The molecule has 1 atom stereocenters. The van der Waals surface area contributed by atoms with Gasteiger partial charge in [0, 0.05) is 24.7 Å². The highest BCUT2D eigenvalue weighted by molar-refractivity contribution is 5.78. The van der Waals surface area contributed by atoms with Gasteiger partial charge in [0.1, 0.15) is 23.8 Å². The lowest BCUT2D eigenvalue weighted by Crippen LogP contribution is -2.38. The Hall–Kier alpha value is -3.12. The van der Waals surface area contributed by atoms with Gasteiger partial charge in [-0.15, -0.1) is 0 Å². The molecular weight excluding hydrogens is 342 g/mol. The van der Waals surface area contributed by atoms with E-state index in [2.05, 4.69) is 27.5 Å². The monoisotopic (exact) mass is 363 g/mol. The highest BCUT2D eigenvalue weighted by Crippen LogP contribution is 2.30. The number of rotatable bonds is 5. The minimum Gasteiger partial charge on any atom is -0.484 e. The summed E-state index contributed by atoms with van der Waals surface area (Å²) in [6.45, 7) is 1.95. The third-order valence-electron chi connectivity index (χ3n) is 4.56. The van der Waals surface area contributed by atoms with Gasteiger partial charge in [-0.2, -0.15) is 0 Å². The van der Waals surface area contributed by atoms with Crippen LogP contribution in [0.1, 0.15) is 22.9 Å². The molecule has 0 spiro atoms. The minimum atomic E-state index is -0.127. The van der Waals surface area contributed by atoms with E-state index in [0.29, 0.717) is 31.9 Å². The van der Waals surface area contributed by atoms with Crippen molar-refractivity contribution in [2.24, 2.45) is 0 Å². The number of amides is 1. The first-order valence-corrected chi connectivity index (χ1v) is 8.96. The van der Waals surface area contributed by atoms with Gasteiger partial charge in [0.25, 0.3) is 0 Å². The van der Waals surface area contributed by atoms with Crippen LogP contribution in [0.15, 0.2) is 71.4 Å². The molecule has 0 fully saturated rings. The Balaban J connectivity index is 1.48. The fourth-order valence-electron chi connectivity index (χ4n) is 3.22. The van der Waals surface area contributed by atoms with Crippen LogP contribution in [0.25, 0.3) is 0 Å². The molecule has 1 amide bonds. The third-order valence-corrected chi connectivity index (χ3v) is 4.56. The summed E-state index contributed by atoms with van der Waals surface area (Å²) < 4.78 is 11.1. The highest BCUT2D eigenvalue weighted by Gasteiger charge is 2.25. The molecule has 1 aromatic heterocycles. The van der Waals surface area contributed by atoms with Crippen molar-refractivity contribution in [1.29, 1.82) is 0 Å². The van der Waals surface area contributed by atoms with E-state index in [0.717, 1.165) is 16.9 Å². The van der Waals surface area contributed by atoms with Crippen LogP contribution in [0.2, 0.25) is 0 Å². The number of aromatic nitrogens is 1. The number of nitrogens with zero attached hydrogens (tertiary/aromatic N) is 2. The second-order valence-electron chi connectivity index (χ2n) is 6.56. The lowest BCUT2D eigenvalue weighted by Gasteiger charge is -2.23. The molecule has 4 rings (SSSR count). The Labute approximate surface area is 157 Å². The van der Waals surface area contributed by atoms with Crippen molar-refractivity contribution in [3.05, 3.63) is 83.7 Å². The van der Waals surface area contributed by atoms with Crippen LogP contribution >= 0.6 is 0 Å². The maximum atomic E-state index is 12.4. The number of benzene rings is 2. The predicted molar refractivity (Wildman–Crippen MR) is 99.9 cm³/mol. The van der Waals surface area contributed by atoms with E-state index in [1.54, 1.807) is 6.07 Å². The molecule has 138 valence electrons. The van der Waals surface area contributed by atoms with Crippen LogP contribution in [0, 0.1) is 0 Å². The Morgan fingerprint density at radius 2 is 1.93 bits per heavy atom. The SMILES string of the molecule is O=C(CN1Cc2ccccc2O[C@H](c2ccccc2)C1)NCc1ccon1.